The lowest BCUT2D eigenvalue weighted by Gasteiger charge is -2.09. The van der Waals surface area contributed by atoms with Gasteiger partial charge in [-0.25, -0.2) is 0 Å². The van der Waals surface area contributed by atoms with Crippen molar-refractivity contribution in [3.63, 3.8) is 0 Å². The van der Waals surface area contributed by atoms with Crippen LogP contribution in [-0.4, -0.2) is 10.2 Å². The van der Waals surface area contributed by atoms with E-state index in [1.165, 1.54) is 10.8 Å². The zero-order valence-electron chi connectivity index (χ0n) is 15.7. The average molecular weight is 378 g/mol. The maximum Gasteiger partial charge on any atom is 0.248 e. The summed E-state index contributed by atoms with van der Waals surface area (Å²) < 4.78 is 11.8. The second kappa shape index (κ2) is 7.60. The van der Waals surface area contributed by atoms with E-state index in [1.807, 2.05) is 60.7 Å². The number of fused-ring (bicyclic) bond motifs is 1. The van der Waals surface area contributed by atoms with Crippen LogP contribution in [-0.2, 0) is 6.61 Å². The first kappa shape index (κ1) is 17.2. The molecule has 0 aliphatic rings. The van der Waals surface area contributed by atoms with Crippen molar-refractivity contribution >= 4 is 10.8 Å². The molecule has 0 aliphatic heterocycles. The lowest BCUT2D eigenvalue weighted by molar-refractivity contribution is 0.307. The highest BCUT2D eigenvalue weighted by atomic mass is 16.5. The van der Waals surface area contributed by atoms with Crippen LogP contribution in [0.3, 0.4) is 0 Å². The van der Waals surface area contributed by atoms with Crippen molar-refractivity contribution in [2.75, 3.05) is 0 Å². The van der Waals surface area contributed by atoms with Crippen molar-refractivity contribution in [3.8, 4) is 28.7 Å². The normalized spacial score (nSPS) is 10.9. The van der Waals surface area contributed by atoms with E-state index in [2.05, 4.69) is 46.6 Å². The third-order valence-corrected chi connectivity index (χ3v) is 4.82. The van der Waals surface area contributed by atoms with Crippen LogP contribution in [0.2, 0.25) is 0 Å². The van der Waals surface area contributed by atoms with Crippen LogP contribution >= 0.6 is 0 Å². The van der Waals surface area contributed by atoms with Gasteiger partial charge in [0, 0.05) is 11.1 Å². The van der Waals surface area contributed by atoms with Crippen LogP contribution in [0.1, 0.15) is 5.56 Å². The molecular weight excluding hydrogens is 360 g/mol. The molecule has 140 valence electrons. The van der Waals surface area contributed by atoms with Crippen molar-refractivity contribution in [3.05, 3.63) is 103 Å². The number of aromatic nitrogens is 2. The van der Waals surface area contributed by atoms with E-state index in [1.54, 1.807) is 0 Å². The summed E-state index contributed by atoms with van der Waals surface area (Å²) in [5.41, 5.74) is 2.93. The Morgan fingerprint density at radius 3 is 2.07 bits per heavy atom. The highest BCUT2D eigenvalue weighted by Crippen LogP contribution is 2.26. The third-order valence-electron chi connectivity index (χ3n) is 4.82. The predicted octanol–water partition coefficient (Wildman–Crippen LogP) is 6.14. The molecule has 0 radical (unpaired) electrons. The Labute approximate surface area is 168 Å². The summed E-state index contributed by atoms with van der Waals surface area (Å²) in [7, 11) is 0. The molecule has 0 bridgehead atoms. The fraction of sp³-hybridized carbons (Fsp3) is 0.0400. The molecule has 0 atom stereocenters. The first-order valence-electron chi connectivity index (χ1n) is 9.46. The number of hydrogen-bond acceptors (Lipinski definition) is 4. The summed E-state index contributed by atoms with van der Waals surface area (Å²) in [6, 6.07) is 32.1. The molecule has 0 N–H and O–H groups in total. The predicted molar refractivity (Wildman–Crippen MR) is 113 cm³/mol. The van der Waals surface area contributed by atoms with Crippen LogP contribution in [0, 0.1) is 0 Å². The molecule has 4 aromatic carbocycles. The maximum absolute atomic E-state index is 6.00. The van der Waals surface area contributed by atoms with Crippen LogP contribution in [0.5, 0.6) is 5.75 Å². The van der Waals surface area contributed by atoms with Gasteiger partial charge < -0.3 is 9.15 Å². The Hall–Kier alpha value is -3.92. The smallest absolute Gasteiger partial charge is 0.248 e. The van der Waals surface area contributed by atoms with Crippen molar-refractivity contribution < 1.29 is 9.15 Å². The molecule has 5 rings (SSSR count). The molecule has 0 saturated heterocycles. The fourth-order valence-electron chi connectivity index (χ4n) is 3.31. The van der Waals surface area contributed by atoms with Gasteiger partial charge in [0.1, 0.15) is 12.4 Å². The maximum atomic E-state index is 6.00. The largest absolute Gasteiger partial charge is 0.489 e. The highest BCUT2D eigenvalue weighted by molar-refractivity contribution is 5.85. The number of hydrogen-bond donors (Lipinski definition) is 0. The molecule has 0 spiro atoms. The first-order chi connectivity index (χ1) is 14.4. The van der Waals surface area contributed by atoms with E-state index < -0.39 is 0 Å². The van der Waals surface area contributed by atoms with E-state index in [0.717, 1.165) is 22.4 Å². The Balaban J connectivity index is 1.31. The van der Waals surface area contributed by atoms with Crippen LogP contribution in [0.15, 0.2) is 101 Å². The summed E-state index contributed by atoms with van der Waals surface area (Å²) >= 11 is 0. The molecule has 4 heteroatoms. The van der Waals surface area contributed by atoms with Crippen molar-refractivity contribution in [1.82, 2.24) is 10.2 Å². The average Bonchev–Trinajstić information content (AvgIpc) is 3.29. The van der Waals surface area contributed by atoms with Gasteiger partial charge in [-0.3, -0.25) is 0 Å². The quantitative estimate of drug-likeness (QED) is 0.369. The summed E-state index contributed by atoms with van der Waals surface area (Å²) in [6.45, 7) is 0.513. The molecule has 1 aromatic heterocycles. The standard InChI is InChI=1S/C25H18N2O2/c1-2-8-19(9-3-1)24-26-27-25(29-24)20-13-15-22(16-14-20)28-17-21-11-6-10-18-7-4-5-12-23(18)21/h1-16H,17H2. The number of benzene rings is 4. The second-order valence-electron chi connectivity index (χ2n) is 6.73. The summed E-state index contributed by atoms with van der Waals surface area (Å²) in [5, 5.41) is 10.7. The monoisotopic (exact) mass is 378 g/mol. The molecular formula is C25H18N2O2. The Morgan fingerprint density at radius 2 is 1.28 bits per heavy atom. The van der Waals surface area contributed by atoms with Gasteiger partial charge in [-0.15, -0.1) is 10.2 Å². The van der Waals surface area contributed by atoms with Gasteiger partial charge in [0.15, 0.2) is 0 Å². The zero-order valence-corrected chi connectivity index (χ0v) is 15.7. The zero-order chi connectivity index (χ0) is 19.5. The van der Waals surface area contributed by atoms with Gasteiger partial charge in [0.25, 0.3) is 0 Å². The van der Waals surface area contributed by atoms with E-state index in [9.17, 15) is 0 Å². The second-order valence-corrected chi connectivity index (χ2v) is 6.73. The number of ether oxygens (including phenoxy) is 1. The Morgan fingerprint density at radius 1 is 0.621 bits per heavy atom. The van der Waals surface area contributed by atoms with Crippen LogP contribution in [0.4, 0.5) is 0 Å². The molecule has 29 heavy (non-hydrogen) atoms. The molecule has 0 unspecified atom stereocenters. The van der Waals surface area contributed by atoms with E-state index in [-0.39, 0.29) is 0 Å². The minimum absolute atomic E-state index is 0.490. The third kappa shape index (κ3) is 3.60. The summed E-state index contributed by atoms with van der Waals surface area (Å²) in [4.78, 5) is 0. The van der Waals surface area contributed by atoms with E-state index in [4.69, 9.17) is 9.15 Å². The fourth-order valence-corrected chi connectivity index (χ4v) is 3.31. The lowest BCUT2D eigenvalue weighted by atomic mass is 10.1. The van der Waals surface area contributed by atoms with E-state index in [0.29, 0.717) is 18.4 Å². The molecule has 1 heterocycles. The Bertz CT molecular complexity index is 1240. The van der Waals surface area contributed by atoms with Crippen LogP contribution in [0.25, 0.3) is 33.7 Å². The van der Waals surface area contributed by atoms with Gasteiger partial charge in [-0.2, -0.15) is 0 Å². The molecule has 0 fully saturated rings. The number of nitrogens with zero attached hydrogens (tertiary/aromatic N) is 2. The lowest BCUT2D eigenvalue weighted by Crippen LogP contribution is -1.96. The van der Waals surface area contributed by atoms with Crippen molar-refractivity contribution in [2.45, 2.75) is 6.61 Å². The summed E-state index contributed by atoms with van der Waals surface area (Å²) in [6.07, 6.45) is 0. The van der Waals surface area contributed by atoms with Crippen molar-refractivity contribution in [2.24, 2.45) is 0 Å². The van der Waals surface area contributed by atoms with Crippen molar-refractivity contribution in [1.29, 1.82) is 0 Å². The van der Waals surface area contributed by atoms with Crippen LogP contribution < -0.4 is 4.74 Å². The topological polar surface area (TPSA) is 48.2 Å². The van der Waals surface area contributed by atoms with E-state index >= 15 is 0 Å². The van der Waals surface area contributed by atoms with Gasteiger partial charge in [-0.05, 0) is 52.7 Å². The SMILES string of the molecule is c1ccc(-c2nnc(-c3ccc(OCc4cccc5ccccc45)cc3)o2)cc1. The van der Waals surface area contributed by atoms with Gasteiger partial charge >= 0.3 is 0 Å². The molecule has 5 aromatic rings. The molecule has 0 aliphatic carbocycles. The highest BCUT2D eigenvalue weighted by Gasteiger charge is 2.10. The molecule has 0 amide bonds. The molecule has 4 nitrogen and oxygen atoms in total. The minimum Gasteiger partial charge on any atom is -0.489 e. The summed E-state index contributed by atoms with van der Waals surface area (Å²) in [5.74, 6) is 1.80. The number of rotatable bonds is 5. The first-order valence-corrected chi connectivity index (χ1v) is 9.46. The molecule has 0 saturated carbocycles. The van der Waals surface area contributed by atoms with Gasteiger partial charge in [0.05, 0.1) is 0 Å². The van der Waals surface area contributed by atoms with Gasteiger partial charge in [-0.1, -0.05) is 60.7 Å². The van der Waals surface area contributed by atoms with Gasteiger partial charge in [0.2, 0.25) is 11.8 Å². The Kier molecular flexibility index (Phi) is 4.51. The minimum atomic E-state index is 0.490.